The summed E-state index contributed by atoms with van der Waals surface area (Å²) in [5, 5.41) is 6.40. The van der Waals surface area contributed by atoms with Crippen molar-refractivity contribution in [3.8, 4) is 5.69 Å². The number of aromatic nitrogens is 2. The summed E-state index contributed by atoms with van der Waals surface area (Å²) in [4.78, 5) is 24.9. The van der Waals surface area contributed by atoms with Crippen molar-refractivity contribution in [1.82, 2.24) is 14.7 Å². The molecule has 2 heterocycles. The van der Waals surface area contributed by atoms with Crippen LogP contribution in [0.5, 0.6) is 0 Å². The molecular weight excluding hydrogens is 454 g/mol. The van der Waals surface area contributed by atoms with Gasteiger partial charge in [0.15, 0.2) is 0 Å². The number of halogens is 7. The zero-order valence-electron chi connectivity index (χ0n) is 15.8. The normalized spacial score (nSPS) is 17.4. The summed E-state index contributed by atoms with van der Waals surface area (Å²) in [6.07, 6.45) is -9.66. The van der Waals surface area contributed by atoms with E-state index in [1.165, 1.54) is 13.0 Å². The Morgan fingerprint density at radius 3 is 2.52 bits per heavy atom. The first kappa shape index (κ1) is 22.9. The van der Waals surface area contributed by atoms with Crippen LogP contribution in [0.3, 0.4) is 0 Å². The Morgan fingerprint density at radius 2 is 1.90 bits per heavy atom. The molecular formula is C18H15ClF6N4O2. The van der Waals surface area contributed by atoms with E-state index in [0.29, 0.717) is 10.6 Å². The number of aryl methyl sites for hydroxylation is 1. The molecule has 0 bridgehead atoms. The molecule has 13 heteroatoms. The minimum absolute atomic E-state index is 0.0366. The molecule has 31 heavy (non-hydrogen) atoms. The quantitative estimate of drug-likeness (QED) is 0.684. The van der Waals surface area contributed by atoms with Crippen molar-refractivity contribution in [1.29, 1.82) is 0 Å². The Kier molecular flexibility index (Phi) is 5.96. The third-order valence-corrected chi connectivity index (χ3v) is 4.86. The first-order valence-electron chi connectivity index (χ1n) is 8.84. The zero-order valence-corrected chi connectivity index (χ0v) is 16.6. The Labute approximate surface area is 176 Å². The fourth-order valence-electron chi connectivity index (χ4n) is 3.17. The summed E-state index contributed by atoms with van der Waals surface area (Å²) < 4.78 is 77.9. The monoisotopic (exact) mass is 468 g/mol. The standard InChI is InChI=1S/C18H15ClF6N4O2/c1-9-4-14(26-16(31)10-5-15(30)28(7-10)8-17(20,21)22)29(27-9)13-6-11(18(23,24)25)2-3-12(13)19/h2-4,6,10H,5,7-8H2,1H3,(H,26,31). The molecule has 1 aromatic carbocycles. The smallest absolute Gasteiger partial charge is 0.333 e. The Morgan fingerprint density at radius 1 is 1.23 bits per heavy atom. The van der Waals surface area contributed by atoms with Crippen molar-refractivity contribution < 1.29 is 35.9 Å². The van der Waals surface area contributed by atoms with Gasteiger partial charge in [-0.1, -0.05) is 11.6 Å². The molecule has 1 aliphatic heterocycles. The number of benzene rings is 1. The van der Waals surface area contributed by atoms with Gasteiger partial charge in [0, 0.05) is 19.0 Å². The molecule has 0 spiro atoms. The number of nitrogens with zero attached hydrogens (tertiary/aromatic N) is 3. The Balaban J connectivity index is 1.84. The van der Waals surface area contributed by atoms with E-state index in [2.05, 4.69) is 10.4 Å². The minimum atomic E-state index is -4.64. The van der Waals surface area contributed by atoms with Crippen LogP contribution in [-0.4, -0.2) is 45.8 Å². The Bertz CT molecular complexity index is 1020. The fourth-order valence-corrected chi connectivity index (χ4v) is 3.37. The van der Waals surface area contributed by atoms with Gasteiger partial charge in [-0.25, -0.2) is 4.68 Å². The van der Waals surface area contributed by atoms with Crippen LogP contribution in [0, 0.1) is 12.8 Å². The molecule has 1 aliphatic rings. The number of likely N-dealkylation sites (tertiary alicyclic amines) is 1. The number of alkyl halides is 6. The van der Waals surface area contributed by atoms with E-state index in [1.54, 1.807) is 0 Å². The van der Waals surface area contributed by atoms with Gasteiger partial charge in [-0.15, -0.1) is 0 Å². The maximum absolute atomic E-state index is 13.1. The van der Waals surface area contributed by atoms with Gasteiger partial charge in [0.1, 0.15) is 12.4 Å². The highest BCUT2D eigenvalue weighted by Gasteiger charge is 2.41. The van der Waals surface area contributed by atoms with Gasteiger partial charge in [0.25, 0.3) is 0 Å². The Hall–Kier alpha value is -2.76. The van der Waals surface area contributed by atoms with Gasteiger partial charge in [0.2, 0.25) is 11.8 Å². The van der Waals surface area contributed by atoms with E-state index in [4.69, 9.17) is 11.6 Å². The number of rotatable bonds is 4. The highest BCUT2D eigenvalue weighted by atomic mass is 35.5. The summed E-state index contributed by atoms with van der Waals surface area (Å²) in [6, 6.07) is 3.94. The second-order valence-corrected chi connectivity index (χ2v) is 7.43. The molecule has 0 aliphatic carbocycles. The number of hydrogen-bond acceptors (Lipinski definition) is 3. The highest BCUT2D eigenvalue weighted by Crippen LogP contribution is 2.34. The van der Waals surface area contributed by atoms with Gasteiger partial charge in [-0.2, -0.15) is 31.4 Å². The molecule has 3 rings (SSSR count). The maximum Gasteiger partial charge on any atom is 0.416 e. The van der Waals surface area contributed by atoms with Gasteiger partial charge >= 0.3 is 12.4 Å². The topological polar surface area (TPSA) is 67.2 Å². The summed E-state index contributed by atoms with van der Waals surface area (Å²) in [5.41, 5.74) is -0.799. The predicted octanol–water partition coefficient (Wildman–Crippen LogP) is 4.20. The fraction of sp³-hybridized carbons (Fsp3) is 0.389. The third kappa shape index (κ3) is 5.30. The lowest BCUT2D eigenvalue weighted by molar-refractivity contribution is -0.157. The molecule has 1 N–H and O–H groups in total. The molecule has 2 amide bonds. The van der Waals surface area contributed by atoms with Gasteiger partial charge < -0.3 is 10.2 Å². The molecule has 0 radical (unpaired) electrons. The number of carbonyl (C=O) groups is 2. The van der Waals surface area contributed by atoms with Crippen molar-refractivity contribution >= 4 is 29.2 Å². The first-order valence-corrected chi connectivity index (χ1v) is 9.21. The second kappa shape index (κ2) is 8.06. The van der Waals surface area contributed by atoms with E-state index in [9.17, 15) is 35.9 Å². The van der Waals surface area contributed by atoms with E-state index in [0.717, 1.165) is 22.9 Å². The predicted molar refractivity (Wildman–Crippen MR) is 97.7 cm³/mol. The van der Waals surface area contributed by atoms with Crippen LogP contribution in [0.2, 0.25) is 5.02 Å². The van der Waals surface area contributed by atoms with E-state index >= 15 is 0 Å². The lowest BCUT2D eigenvalue weighted by Crippen LogP contribution is -2.36. The van der Waals surface area contributed by atoms with E-state index in [-0.39, 0.29) is 16.5 Å². The minimum Gasteiger partial charge on any atom is -0.333 e. The summed E-state index contributed by atoms with van der Waals surface area (Å²) >= 11 is 6.03. The van der Waals surface area contributed by atoms with Gasteiger partial charge in [-0.3, -0.25) is 9.59 Å². The van der Waals surface area contributed by atoms with E-state index in [1.807, 2.05) is 0 Å². The SMILES string of the molecule is Cc1cc(NC(=O)C2CC(=O)N(CC(F)(F)F)C2)n(-c2cc(C(F)(F)F)ccc2Cl)n1. The van der Waals surface area contributed by atoms with Crippen LogP contribution < -0.4 is 5.32 Å². The third-order valence-electron chi connectivity index (χ3n) is 4.54. The van der Waals surface area contributed by atoms with Crippen molar-refractivity contribution in [3.63, 3.8) is 0 Å². The largest absolute Gasteiger partial charge is 0.416 e. The van der Waals surface area contributed by atoms with Crippen molar-refractivity contribution in [2.75, 3.05) is 18.4 Å². The van der Waals surface area contributed by atoms with Crippen molar-refractivity contribution in [3.05, 3.63) is 40.5 Å². The first-order chi connectivity index (χ1) is 14.2. The molecule has 168 valence electrons. The van der Waals surface area contributed by atoms with Crippen LogP contribution in [-0.2, 0) is 15.8 Å². The molecule has 1 aromatic heterocycles. The molecule has 6 nitrogen and oxygen atoms in total. The average Bonchev–Trinajstić information content (AvgIpc) is 3.15. The van der Waals surface area contributed by atoms with Crippen LogP contribution in [0.1, 0.15) is 17.7 Å². The van der Waals surface area contributed by atoms with Crippen LogP contribution in [0.25, 0.3) is 5.69 Å². The number of nitrogens with one attached hydrogen (secondary N) is 1. The van der Waals surface area contributed by atoms with Crippen molar-refractivity contribution in [2.45, 2.75) is 25.7 Å². The molecule has 0 saturated carbocycles. The zero-order chi connectivity index (χ0) is 23.1. The lowest BCUT2D eigenvalue weighted by atomic mass is 10.1. The van der Waals surface area contributed by atoms with E-state index < -0.39 is 55.2 Å². The molecule has 2 aromatic rings. The maximum atomic E-state index is 13.1. The summed E-state index contributed by atoms with van der Waals surface area (Å²) in [7, 11) is 0. The molecule has 1 atom stereocenters. The van der Waals surface area contributed by atoms with Crippen LogP contribution in [0.4, 0.5) is 32.2 Å². The highest BCUT2D eigenvalue weighted by molar-refractivity contribution is 6.32. The molecule has 1 unspecified atom stereocenters. The van der Waals surface area contributed by atoms with Crippen molar-refractivity contribution in [2.24, 2.45) is 5.92 Å². The summed E-state index contributed by atoms with van der Waals surface area (Å²) in [6.45, 7) is -0.369. The van der Waals surface area contributed by atoms with Crippen LogP contribution in [0.15, 0.2) is 24.3 Å². The molecule has 1 fully saturated rings. The summed E-state index contributed by atoms with van der Waals surface area (Å²) in [5.74, 6) is -2.67. The number of hydrogen-bond donors (Lipinski definition) is 1. The van der Waals surface area contributed by atoms with Gasteiger partial charge in [0.05, 0.1) is 27.9 Å². The average molecular weight is 469 g/mol. The van der Waals surface area contributed by atoms with Gasteiger partial charge in [-0.05, 0) is 25.1 Å². The molecule has 1 saturated heterocycles. The number of carbonyl (C=O) groups excluding carboxylic acids is 2. The lowest BCUT2D eigenvalue weighted by Gasteiger charge is -2.18. The number of amides is 2. The van der Waals surface area contributed by atoms with Crippen LogP contribution >= 0.6 is 11.6 Å². The number of anilines is 1. The second-order valence-electron chi connectivity index (χ2n) is 7.03.